The molecule has 1 aliphatic carbocycles. The van der Waals surface area contributed by atoms with Crippen LogP contribution in [0.1, 0.15) is 44.2 Å². The summed E-state index contributed by atoms with van der Waals surface area (Å²) in [7, 11) is -2.43. The quantitative estimate of drug-likeness (QED) is 0.481. The molecule has 1 amide bonds. The molecule has 0 bridgehead atoms. The predicted octanol–water partition coefficient (Wildman–Crippen LogP) is 4.30. The average molecular weight is 524 g/mol. The lowest BCUT2D eigenvalue weighted by atomic mass is 9.93. The molecule has 36 heavy (non-hydrogen) atoms. The van der Waals surface area contributed by atoms with E-state index in [2.05, 4.69) is 10.6 Å². The molecule has 2 atom stereocenters. The summed E-state index contributed by atoms with van der Waals surface area (Å²) in [5, 5.41) is 14.3. The molecule has 194 valence electrons. The zero-order chi connectivity index (χ0) is 26.7. The number of benzene rings is 2. The number of carbonyl (C=O) groups excluding carboxylic acids is 1. The lowest BCUT2D eigenvalue weighted by molar-refractivity contribution is -0.161. The highest BCUT2D eigenvalue weighted by Crippen LogP contribution is 2.40. The fraction of sp³-hybridized carbons (Fsp3) is 0.440. The first-order valence-electron chi connectivity index (χ1n) is 11.4. The van der Waals surface area contributed by atoms with E-state index in [-0.39, 0.29) is 33.8 Å². The molecule has 2 N–H and O–H groups in total. The van der Waals surface area contributed by atoms with Crippen molar-refractivity contribution < 1.29 is 31.1 Å². The van der Waals surface area contributed by atoms with E-state index in [0.717, 1.165) is 6.26 Å². The summed E-state index contributed by atoms with van der Waals surface area (Å²) in [6, 6.07) is 8.51. The van der Waals surface area contributed by atoms with Crippen molar-refractivity contribution in [1.82, 2.24) is 10.6 Å². The van der Waals surface area contributed by atoms with Gasteiger partial charge < -0.3 is 10.1 Å². The minimum absolute atomic E-state index is 0.0791. The smallest absolute Gasteiger partial charge is 0.407 e. The summed E-state index contributed by atoms with van der Waals surface area (Å²) < 4.78 is 72.9. The number of ether oxygens (including phenoxy) is 1. The monoisotopic (exact) mass is 523 g/mol. The number of halogens is 3. The molecule has 3 rings (SSSR count). The number of nitrogens with one attached hydrogen (secondary N) is 2. The van der Waals surface area contributed by atoms with Gasteiger partial charge in [-0.15, -0.1) is 0 Å². The number of amides is 1. The maximum atomic E-state index is 14.4. The van der Waals surface area contributed by atoms with Crippen LogP contribution in [0.3, 0.4) is 0 Å². The van der Waals surface area contributed by atoms with Crippen LogP contribution in [0.2, 0.25) is 0 Å². The second-order valence-corrected chi connectivity index (χ2v) is 10.9. The van der Waals surface area contributed by atoms with E-state index < -0.39 is 39.5 Å². The number of nitrogens with zero attached hydrogens (tertiary/aromatic N) is 1. The van der Waals surface area contributed by atoms with Gasteiger partial charge in [-0.25, -0.2) is 8.42 Å². The molecule has 1 saturated carbocycles. The van der Waals surface area contributed by atoms with Crippen LogP contribution >= 0.6 is 0 Å². The fourth-order valence-corrected chi connectivity index (χ4v) is 4.86. The third-order valence-corrected chi connectivity index (χ3v) is 7.18. The molecule has 0 saturated heterocycles. The van der Waals surface area contributed by atoms with Gasteiger partial charge in [-0.3, -0.25) is 10.1 Å². The molecule has 0 spiro atoms. The minimum Gasteiger partial charge on any atom is -0.495 e. The summed E-state index contributed by atoms with van der Waals surface area (Å²) >= 11 is 0. The van der Waals surface area contributed by atoms with Crippen LogP contribution in [0.4, 0.5) is 13.2 Å². The first-order chi connectivity index (χ1) is 16.8. The molecule has 11 heteroatoms. The first-order valence-corrected chi connectivity index (χ1v) is 13.3. The minimum atomic E-state index is -4.78. The van der Waals surface area contributed by atoms with Crippen molar-refractivity contribution in [2.45, 2.75) is 61.3 Å². The maximum Gasteiger partial charge on any atom is 0.407 e. The van der Waals surface area contributed by atoms with Crippen molar-refractivity contribution in [1.29, 1.82) is 5.26 Å². The lowest BCUT2D eigenvalue weighted by Crippen LogP contribution is -2.51. The maximum absolute atomic E-state index is 14.4. The van der Waals surface area contributed by atoms with Crippen LogP contribution in [0.5, 0.6) is 5.75 Å². The Kier molecular flexibility index (Phi) is 8.00. The van der Waals surface area contributed by atoms with E-state index in [1.807, 2.05) is 6.07 Å². The van der Waals surface area contributed by atoms with Gasteiger partial charge >= 0.3 is 6.18 Å². The lowest BCUT2D eigenvalue weighted by Gasteiger charge is -2.29. The standard InChI is InChI=1S/C25H28F3N3O4S/c1-4-7-19(23(32)31-24(15-29)12-13-24)30-22(25(26,27)28)18-9-6-5-8-17(18)16-10-11-20(35-2)21(14-16)36(3,33)34/h5-6,8-11,14,19,22,30H,4,7,12-13H2,1-3H3,(H,31,32)/t19-,22-/m0/s1. The number of alkyl halides is 3. The van der Waals surface area contributed by atoms with Crippen LogP contribution < -0.4 is 15.4 Å². The van der Waals surface area contributed by atoms with Gasteiger partial charge in [-0.1, -0.05) is 43.7 Å². The molecule has 1 fully saturated rings. The van der Waals surface area contributed by atoms with Crippen molar-refractivity contribution in [2.24, 2.45) is 0 Å². The molecule has 0 aliphatic heterocycles. The molecule has 2 aromatic carbocycles. The van der Waals surface area contributed by atoms with E-state index in [1.165, 1.54) is 43.5 Å². The highest BCUT2D eigenvalue weighted by atomic mass is 32.2. The number of nitriles is 1. The summed E-state index contributed by atoms with van der Waals surface area (Å²) in [6.07, 6.45) is -2.31. The van der Waals surface area contributed by atoms with E-state index in [9.17, 15) is 31.6 Å². The number of hydrogen-bond donors (Lipinski definition) is 2. The van der Waals surface area contributed by atoms with Gasteiger partial charge in [0.15, 0.2) is 9.84 Å². The van der Waals surface area contributed by atoms with Crippen molar-refractivity contribution >= 4 is 15.7 Å². The normalized spacial score (nSPS) is 16.5. The van der Waals surface area contributed by atoms with E-state index in [0.29, 0.717) is 19.3 Å². The highest BCUT2D eigenvalue weighted by molar-refractivity contribution is 7.90. The van der Waals surface area contributed by atoms with Gasteiger partial charge in [0.2, 0.25) is 5.91 Å². The number of methoxy groups -OCH3 is 1. The summed E-state index contributed by atoms with van der Waals surface area (Å²) in [6.45, 7) is 1.75. The van der Waals surface area contributed by atoms with Gasteiger partial charge in [-0.05, 0) is 48.1 Å². The fourth-order valence-electron chi connectivity index (χ4n) is 4.00. The Balaban J connectivity index is 2.05. The average Bonchev–Trinajstić information content (AvgIpc) is 3.59. The number of hydrogen-bond acceptors (Lipinski definition) is 6. The Bertz CT molecular complexity index is 1270. The van der Waals surface area contributed by atoms with Gasteiger partial charge in [0, 0.05) is 6.26 Å². The molecule has 0 radical (unpaired) electrons. The largest absolute Gasteiger partial charge is 0.495 e. The Morgan fingerprint density at radius 2 is 1.89 bits per heavy atom. The van der Waals surface area contributed by atoms with E-state index in [1.54, 1.807) is 13.0 Å². The van der Waals surface area contributed by atoms with E-state index >= 15 is 0 Å². The Morgan fingerprint density at radius 3 is 2.42 bits per heavy atom. The van der Waals surface area contributed by atoms with Gasteiger partial charge in [0.05, 0.1) is 19.2 Å². The van der Waals surface area contributed by atoms with Gasteiger partial charge in [-0.2, -0.15) is 18.4 Å². The summed E-state index contributed by atoms with van der Waals surface area (Å²) in [5.74, 6) is -0.582. The third kappa shape index (κ3) is 6.17. The number of rotatable bonds is 10. The van der Waals surface area contributed by atoms with Gasteiger partial charge in [0.25, 0.3) is 0 Å². The van der Waals surface area contributed by atoms with Crippen molar-refractivity contribution in [3.05, 3.63) is 48.0 Å². The molecular formula is C25H28F3N3O4S. The Labute approximate surface area is 208 Å². The van der Waals surface area contributed by atoms with Crippen LogP contribution in [-0.4, -0.2) is 45.4 Å². The molecule has 1 aliphatic rings. The SMILES string of the molecule is CCC[C@H](N[C@@H](c1ccccc1-c1ccc(OC)c(S(C)(=O)=O)c1)C(F)(F)F)C(=O)NC1(C#N)CC1. The zero-order valence-electron chi connectivity index (χ0n) is 20.1. The number of sulfone groups is 1. The Hall–Kier alpha value is -3.10. The molecule has 0 heterocycles. The summed E-state index contributed by atoms with van der Waals surface area (Å²) in [4.78, 5) is 12.7. The highest BCUT2D eigenvalue weighted by Gasteiger charge is 2.47. The predicted molar refractivity (Wildman–Crippen MR) is 128 cm³/mol. The van der Waals surface area contributed by atoms with Crippen LogP contribution in [-0.2, 0) is 14.6 Å². The molecule has 2 aromatic rings. The van der Waals surface area contributed by atoms with Crippen LogP contribution in [0.15, 0.2) is 47.4 Å². The molecular weight excluding hydrogens is 495 g/mol. The van der Waals surface area contributed by atoms with Crippen LogP contribution in [0, 0.1) is 11.3 Å². The summed E-state index contributed by atoms with van der Waals surface area (Å²) in [5.41, 5.74) is -0.765. The van der Waals surface area contributed by atoms with Gasteiger partial charge in [0.1, 0.15) is 22.2 Å². The zero-order valence-corrected chi connectivity index (χ0v) is 21.0. The topological polar surface area (TPSA) is 108 Å². The first kappa shape index (κ1) is 27.5. The van der Waals surface area contributed by atoms with Crippen LogP contribution in [0.25, 0.3) is 11.1 Å². The second kappa shape index (κ2) is 10.5. The second-order valence-electron chi connectivity index (χ2n) is 8.89. The van der Waals surface area contributed by atoms with Crippen molar-refractivity contribution in [2.75, 3.05) is 13.4 Å². The molecule has 7 nitrogen and oxygen atoms in total. The third-order valence-electron chi connectivity index (χ3n) is 6.06. The Morgan fingerprint density at radius 1 is 1.22 bits per heavy atom. The van der Waals surface area contributed by atoms with Crippen molar-refractivity contribution in [3.8, 4) is 22.9 Å². The number of carbonyl (C=O) groups is 1. The molecule has 0 aromatic heterocycles. The van der Waals surface area contributed by atoms with Crippen molar-refractivity contribution in [3.63, 3.8) is 0 Å². The van der Waals surface area contributed by atoms with E-state index in [4.69, 9.17) is 4.74 Å². The molecule has 0 unspecified atom stereocenters.